The predicted octanol–water partition coefficient (Wildman–Crippen LogP) is 3.07. The Morgan fingerprint density at radius 3 is 2.42 bits per heavy atom. The van der Waals surface area contributed by atoms with Gasteiger partial charge in [0, 0.05) is 61.1 Å². The molecule has 0 bridgehead atoms. The molecule has 0 spiro atoms. The zero-order valence-electron chi connectivity index (χ0n) is 17.4. The maximum absolute atomic E-state index is 14.9. The first-order chi connectivity index (χ1) is 15.9. The number of hydrogen-bond acceptors (Lipinski definition) is 7. The first kappa shape index (κ1) is 21.4. The van der Waals surface area contributed by atoms with Crippen molar-refractivity contribution in [3.8, 4) is 5.69 Å². The van der Waals surface area contributed by atoms with Crippen LogP contribution in [0.2, 0.25) is 0 Å². The molecule has 1 aromatic carbocycles. The summed E-state index contributed by atoms with van der Waals surface area (Å²) in [5.41, 5.74) is 1.46. The molecule has 0 amide bonds. The summed E-state index contributed by atoms with van der Waals surface area (Å²) in [6.45, 7) is 0.535. The van der Waals surface area contributed by atoms with Crippen LogP contribution < -0.4 is 5.32 Å². The van der Waals surface area contributed by atoms with Gasteiger partial charge in [0.25, 0.3) is 0 Å². The highest BCUT2D eigenvalue weighted by Gasteiger charge is 2.24. The first-order valence-corrected chi connectivity index (χ1v) is 12.1. The molecule has 11 heteroatoms. The molecule has 0 saturated carbocycles. The smallest absolute Gasteiger partial charge is 0.229 e. The minimum absolute atomic E-state index is 0.000749. The number of nitrogens with one attached hydrogen (secondary N) is 1. The zero-order chi connectivity index (χ0) is 23.0. The van der Waals surface area contributed by atoms with E-state index in [9.17, 15) is 17.2 Å². The van der Waals surface area contributed by atoms with Gasteiger partial charge in [0.2, 0.25) is 5.95 Å². The highest BCUT2D eigenvalue weighted by Crippen LogP contribution is 2.25. The van der Waals surface area contributed by atoms with Crippen LogP contribution in [0.4, 0.5) is 20.4 Å². The number of nitrogens with zero attached hydrogens (tertiary/aromatic N) is 5. The second-order valence-corrected chi connectivity index (χ2v) is 10.1. The van der Waals surface area contributed by atoms with E-state index in [2.05, 4.69) is 20.3 Å². The molecule has 1 aliphatic rings. The van der Waals surface area contributed by atoms with Crippen LogP contribution in [0.25, 0.3) is 16.7 Å². The van der Waals surface area contributed by atoms with Crippen LogP contribution in [0, 0.1) is 11.6 Å². The quantitative estimate of drug-likeness (QED) is 0.479. The molecule has 170 valence electrons. The number of halogens is 2. The molecule has 8 nitrogen and oxygen atoms in total. The van der Waals surface area contributed by atoms with Gasteiger partial charge in [0.15, 0.2) is 9.84 Å². The van der Waals surface area contributed by atoms with E-state index in [1.54, 1.807) is 52.5 Å². The Hall–Kier alpha value is -3.44. The summed E-state index contributed by atoms with van der Waals surface area (Å²) in [4.78, 5) is 14.5. The lowest BCUT2D eigenvalue weighted by Crippen LogP contribution is -2.40. The molecule has 3 aromatic heterocycles. The third-order valence-electron chi connectivity index (χ3n) is 5.59. The van der Waals surface area contributed by atoms with Gasteiger partial charge in [-0.05, 0) is 30.3 Å². The molecule has 0 atom stereocenters. The van der Waals surface area contributed by atoms with Crippen molar-refractivity contribution in [1.82, 2.24) is 24.4 Å². The summed E-state index contributed by atoms with van der Waals surface area (Å²) in [6.07, 6.45) is 6.59. The summed E-state index contributed by atoms with van der Waals surface area (Å²) in [7, 11) is -3.06. The number of rotatable bonds is 5. The maximum Gasteiger partial charge on any atom is 0.229 e. The van der Waals surface area contributed by atoms with Crippen LogP contribution in [0.1, 0.15) is 5.56 Å². The van der Waals surface area contributed by atoms with Gasteiger partial charge in [-0.1, -0.05) is 0 Å². The summed E-state index contributed by atoms with van der Waals surface area (Å²) >= 11 is 0. The molecule has 33 heavy (non-hydrogen) atoms. The molecule has 4 aromatic rings. The monoisotopic (exact) mass is 470 g/mol. The Kier molecular flexibility index (Phi) is 5.51. The predicted molar refractivity (Wildman–Crippen MR) is 120 cm³/mol. The van der Waals surface area contributed by atoms with E-state index in [1.165, 1.54) is 12.1 Å². The largest absolute Gasteiger partial charge is 0.324 e. The van der Waals surface area contributed by atoms with Crippen molar-refractivity contribution >= 4 is 32.5 Å². The Bertz CT molecular complexity index is 1390. The van der Waals surface area contributed by atoms with E-state index in [4.69, 9.17) is 0 Å². The lowest BCUT2D eigenvalue weighted by atomic mass is 10.1. The molecule has 0 unspecified atom stereocenters. The first-order valence-electron chi connectivity index (χ1n) is 10.3. The number of aromatic nitrogens is 4. The van der Waals surface area contributed by atoms with Crippen LogP contribution >= 0.6 is 0 Å². The van der Waals surface area contributed by atoms with Crippen molar-refractivity contribution in [2.45, 2.75) is 6.54 Å². The minimum atomic E-state index is -3.06. The highest BCUT2D eigenvalue weighted by molar-refractivity contribution is 7.91. The molecule has 1 aliphatic heterocycles. The fraction of sp³-hybridized carbons (Fsp3) is 0.227. The van der Waals surface area contributed by atoms with Crippen LogP contribution in [0.3, 0.4) is 0 Å². The average molecular weight is 471 g/mol. The third-order valence-corrected chi connectivity index (χ3v) is 7.20. The van der Waals surface area contributed by atoms with Crippen molar-refractivity contribution in [3.05, 3.63) is 72.3 Å². The lowest BCUT2D eigenvalue weighted by Gasteiger charge is -2.26. The summed E-state index contributed by atoms with van der Waals surface area (Å²) in [5, 5.41) is 3.79. The van der Waals surface area contributed by atoms with Gasteiger partial charge in [-0.15, -0.1) is 0 Å². The molecule has 1 saturated heterocycles. The highest BCUT2D eigenvalue weighted by atomic mass is 32.2. The molecule has 5 rings (SSSR count). The van der Waals surface area contributed by atoms with Crippen molar-refractivity contribution in [2.24, 2.45) is 0 Å². The standard InChI is InChI=1S/C22H20F2N6O2S/c23-19-11-17(12-20(24)18(19)14-29-7-9-33(31,32)10-8-29)30-6-3-15-13-26-22(28-21(15)30)27-16-1-4-25-5-2-16/h1-6,11-13H,7-10,14H2,(H,25,26,27,28). The van der Waals surface area contributed by atoms with Gasteiger partial charge in [0.1, 0.15) is 17.3 Å². The number of benzene rings is 1. The fourth-order valence-electron chi connectivity index (χ4n) is 3.76. The van der Waals surface area contributed by atoms with Gasteiger partial charge in [-0.2, -0.15) is 4.98 Å². The van der Waals surface area contributed by atoms with E-state index in [-0.39, 0.29) is 36.7 Å². The van der Waals surface area contributed by atoms with E-state index in [1.807, 2.05) is 0 Å². The van der Waals surface area contributed by atoms with Gasteiger partial charge in [-0.25, -0.2) is 22.2 Å². The lowest BCUT2D eigenvalue weighted by molar-refractivity contribution is 0.278. The van der Waals surface area contributed by atoms with Crippen molar-refractivity contribution in [1.29, 1.82) is 0 Å². The number of sulfone groups is 1. The molecule has 1 N–H and O–H groups in total. The summed E-state index contributed by atoms with van der Waals surface area (Å²) in [5.74, 6) is -1.04. The average Bonchev–Trinajstić information content (AvgIpc) is 3.21. The van der Waals surface area contributed by atoms with Crippen LogP contribution in [-0.2, 0) is 16.4 Å². The fourth-order valence-corrected chi connectivity index (χ4v) is 5.04. The van der Waals surface area contributed by atoms with Gasteiger partial charge in [0.05, 0.1) is 17.2 Å². The van der Waals surface area contributed by atoms with Crippen molar-refractivity contribution < 1.29 is 17.2 Å². The number of anilines is 2. The zero-order valence-corrected chi connectivity index (χ0v) is 18.3. The third kappa shape index (κ3) is 4.55. The van der Waals surface area contributed by atoms with Crippen molar-refractivity contribution in [3.63, 3.8) is 0 Å². The maximum atomic E-state index is 14.9. The topological polar surface area (TPSA) is 93.0 Å². The van der Waals surface area contributed by atoms with Gasteiger partial charge >= 0.3 is 0 Å². The van der Waals surface area contributed by atoms with E-state index in [0.717, 1.165) is 11.1 Å². The Balaban J connectivity index is 1.43. The van der Waals surface area contributed by atoms with Crippen molar-refractivity contribution in [2.75, 3.05) is 29.9 Å². The Labute approximate surface area is 188 Å². The Morgan fingerprint density at radius 1 is 1.03 bits per heavy atom. The van der Waals surface area contributed by atoms with Gasteiger partial charge < -0.3 is 9.88 Å². The minimum Gasteiger partial charge on any atom is -0.324 e. The van der Waals surface area contributed by atoms with E-state index < -0.39 is 21.5 Å². The van der Waals surface area contributed by atoms with Crippen LogP contribution in [-0.4, -0.2) is 57.4 Å². The Morgan fingerprint density at radius 2 is 1.73 bits per heavy atom. The SMILES string of the molecule is O=S1(=O)CCN(Cc2c(F)cc(-n3ccc4cnc(Nc5ccncc5)nc43)cc2F)CC1. The summed E-state index contributed by atoms with van der Waals surface area (Å²) in [6, 6.07) is 7.83. The van der Waals surface area contributed by atoms with Crippen LogP contribution in [0.15, 0.2) is 55.1 Å². The van der Waals surface area contributed by atoms with E-state index in [0.29, 0.717) is 17.3 Å². The molecular weight excluding hydrogens is 450 g/mol. The van der Waals surface area contributed by atoms with Gasteiger partial charge in [-0.3, -0.25) is 9.88 Å². The number of fused-ring (bicyclic) bond motifs is 1. The molecule has 0 radical (unpaired) electrons. The molecular formula is C22H20F2N6O2S. The van der Waals surface area contributed by atoms with E-state index >= 15 is 0 Å². The molecule has 1 fully saturated rings. The second-order valence-electron chi connectivity index (χ2n) is 7.84. The normalized spacial score (nSPS) is 16.2. The molecule has 4 heterocycles. The van der Waals surface area contributed by atoms with Crippen LogP contribution in [0.5, 0.6) is 0 Å². The number of pyridine rings is 1. The second kappa shape index (κ2) is 8.49. The summed E-state index contributed by atoms with van der Waals surface area (Å²) < 4.78 is 54.6. The number of hydrogen-bond donors (Lipinski definition) is 1. The molecule has 0 aliphatic carbocycles.